The molecule has 0 heterocycles. The topological polar surface area (TPSA) is 119 Å². The van der Waals surface area contributed by atoms with E-state index in [1.165, 1.54) is 24.3 Å². The van der Waals surface area contributed by atoms with Crippen LogP contribution in [0.15, 0.2) is 54.6 Å². The van der Waals surface area contributed by atoms with Crippen LogP contribution in [0.2, 0.25) is 0 Å². The first-order chi connectivity index (χ1) is 11.5. The molecular weight excluding hydrogens is 316 g/mol. The van der Waals surface area contributed by atoms with E-state index in [0.717, 1.165) is 0 Å². The molecule has 8 nitrogen and oxygen atoms in total. The monoisotopic (exact) mass is 330 g/mol. The van der Waals surface area contributed by atoms with Crippen LogP contribution in [0.3, 0.4) is 0 Å². The first kappa shape index (κ1) is 17.1. The van der Waals surface area contributed by atoms with Crippen LogP contribution in [0, 0.1) is 10.1 Å². The molecule has 8 heteroatoms. The molecule has 0 saturated carbocycles. The van der Waals surface area contributed by atoms with Gasteiger partial charge in [0.05, 0.1) is 4.92 Å². The van der Waals surface area contributed by atoms with Gasteiger partial charge < -0.3 is 15.2 Å². The lowest BCUT2D eigenvalue weighted by Gasteiger charge is -2.11. The highest BCUT2D eigenvalue weighted by Crippen LogP contribution is 2.17. The lowest BCUT2D eigenvalue weighted by Crippen LogP contribution is -2.24. The lowest BCUT2D eigenvalue weighted by atomic mass is 10.1. The van der Waals surface area contributed by atoms with Crippen LogP contribution < -0.4 is 5.32 Å². The van der Waals surface area contributed by atoms with Crippen molar-refractivity contribution in [1.82, 2.24) is 0 Å². The van der Waals surface area contributed by atoms with E-state index in [4.69, 9.17) is 4.74 Å². The van der Waals surface area contributed by atoms with Crippen molar-refractivity contribution in [1.29, 1.82) is 0 Å². The van der Waals surface area contributed by atoms with Gasteiger partial charge in [-0.3, -0.25) is 14.9 Å². The zero-order chi connectivity index (χ0) is 17.5. The van der Waals surface area contributed by atoms with Crippen molar-refractivity contribution in [3.63, 3.8) is 0 Å². The van der Waals surface area contributed by atoms with Gasteiger partial charge in [-0.1, -0.05) is 36.4 Å². The van der Waals surface area contributed by atoms with Crippen molar-refractivity contribution in [2.24, 2.45) is 0 Å². The molecular formula is C16H14N2O6. The number of non-ortho nitro benzene ring substituents is 1. The summed E-state index contributed by atoms with van der Waals surface area (Å²) in [6, 6.07) is 13.5. The Morgan fingerprint density at radius 3 is 2.54 bits per heavy atom. The highest BCUT2D eigenvalue weighted by molar-refractivity contribution is 5.93. The van der Waals surface area contributed by atoms with Crippen LogP contribution in [0.5, 0.6) is 0 Å². The van der Waals surface area contributed by atoms with Gasteiger partial charge in [-0.25, -0.2) is 4.79 Å². The van der Waals surface area contributed by atoms with Gasteiger partial charge in [-0.05, 0) is 11.6 Å². The van der Waals surface area contributed by atoms with Gasteiger partial charge in [-0.15, -0.1) is 0 Å². The quantitative estimate of drug-likeness (QED) is 0.473. The minimum atomic E-state index is -1.49. The van der Waals surface area contributed by atoms with E-state index in [1.807, 2.05) is 0 Å². The first-order valence-corrected chi connectivity index (χ1v) is 6.91. The predicted octanol–water partition coefficient (Wildman–Crippen LogP) is 1.81. The van der Waals surface area contributed by atoms with Crippen LogP contribution in [-0.4, -0.2) is 28.5 Å². The second-order valence-corrected chi connectivity index (χ2v) is 4.78. The highest BCUT2D eigenvalue weighted by Gasteiger charge is 2.19. The number of anilines is 1. The molecule has 0 bridgehead atoms. The summed E-state index contributed by atoms with van der Waals surface area (Å²) >= 11 is 0. The molecule has 0 radical (unpaired) electrons. The van der Waals surface area contributed by atoms with E-state index in [-0.39, 0.29) is 11.4 Å². The van der Waals surface area contributed by atoms with Crippen LogP contribution in [0.1, 0.15) is 11.7 Å². The molecule has 0 fully saturated rings. The van der Waals surface area contributed by atoms with Gasteiger partial charge in [-0.2, -0.15) is 0 Å². The van der Waals surface area contributed by atoms with Crippen molar-refractivity contribution in [2.45, 2.75) is 6.10 Å². The Morgan fingerprint density at radius 1 is 1.17 bits per heavy atom. The number of hydrogen-bond donors (Lipinski definition) is 2. The Labute approximate surface area is 136 Å². The van der Waals surface area contributed by atoms with Crippen molar-refractivity contribution in [3.05, 3.63) is 70.3 Å². The second kappa shape index (κ2) is 7.84. The maximum Gasteiger partial charge on any atom is 0.340 e. The molecule has 0 aliphatic rings. The minimum Gasteiger partial charge on any atom is -0.453 e. The van der Waals surface area contributed by atoms with Crippen LogP contribution in [0.25, 0.3) is 0 Å². The van der Waals surface area contributed by atoms with Gasteiger partial charge in [0.1, 0.15) is 0 Å². The van der Waals surface area contributed by atoms with Gasteiger partial charge >= 0.3 is 5.97 Å². The molecule has 24 heavy (non-hydrogen) atoms. The van der Waals surface area contributed by atoms with E-state index in [9.17, 15) is 24.8 Å². The predicted molar refractivity (Wildman–Crippen MR) is 84.1 cm³/mol. The van der Waals surface area contributed by atoms with Crippen molar-refractivity contribution in [2.75, 3.05) is 11.9 Å². The minimum absolute atomic E-state index is 0.177. The number of esters is 1. The zero-order valence-electron chi connectivity index (χ0n) is 12.4. The Balaban J connectivity index is 1.88. The van der Waals surface area contributed by atoms with Crippen molar-refractivity contribution >= 4 is 23.3 Å². The number of benzene rings is 2. The third kappa shape index (κ3) is 4.62. The molecule has 124 valence electrons. The smallest absolute Gasteiger partial charge is 0.340 e. The van der Waals surface area contributed by atoms with E-state index < -0.39 is 29.5 Å². The molecule has 0 aromatic heterocycles. The zero-order valence-corrected chi connectivity index (χ0v) is 12.4. The molecule has 0 unspecified atom stereocenters. The van der Waals surface area contributed by atoms with E-state index in [2.05, 4.69) is 5.32 Å². The number of nitro benzene ring substituents is 1. The molecule has 1 amide bonds. The summed E-state index contributed by atoms with van der Waals surface area (Å²) in [6.07, 6.45) is -1.49. The largest absolute Gasteiger partial charge is 0.453 e. The molecule has 2 rings (SSSR count). The molecule has 2 N–H and O–H groups in total. The maximum atomic E-state index is 11.7. The molecule has 0 aliphatic heterocycles. The summed E-state index contributed by atoms with van der Waals surface area (Å²) in [5.41, 5.74) is 0.375. The number of nitrogens with zero attached hydrogens (tertiary/aromatic N) is 1. The Morgan fingerprint density at radius 2 is 1.88 bits per heavy atom. The number of aliphatic hydroxyl groups excluding tert-OH is 1. The third-order valence-corrected chi connectivity index (χ3v) is 3.02. The maximum absolute atomic E-state index is 11.7. The fourth-order valence-electron chi connectivity index (χ4n) is 1.88. The summed E-state index contributed by atoms with van der Waals surface area (Å²) in [5, 5.41) is 22.8. The summed E-state index contributed by atoms with van der Waals surface area (Å²) in [4.78, 5) is 33.5. The number of rotatable bonds is 6. The second-order valence-electron chi connectivity index (χ2n) is 4.78. The summed E-state index contributed by atoms with van der Waals surface area (Å²) in [5.74, 6) is -1.64. The Bertz CT molecular complexity index is 747. The Kier molecular flexibility index (Phi) is 5.58. The molecule has 2 aromatic rings. The molecule has 1 atom stereocenters. The molecule has 0 saturated heterocycles. The third-order valence-electron chi connectivity index (χ3n) is 3.02. The van der Waals surface area contributed by atoms with Crippen LogP contribution >= 0.6 is 0 Å². The van der Waals surface area contributed by atoms with Crippen molar-refractivity contribution in [3.8, 4) is 0 Å². The SMILES string of the molecule is O=C(COC(=O)[C@H](O)c1ccccc1)Nc1cccc([N+](=O)[O-])c1. The van der Waals surface area contributed by atoms with Gasteiger partial charge in [0.2, 0.25) is 0 Å². The van der Waals surface area contributed by atoms with Gasteiger partial charge in [0.25, 0.3) is 11.6 Å². The van der Waals surface area contributed by atoms with Crippen LogP contribution in [0.4, 0.5) is 11.4 Å². The first-order valence-electron chi connectivity index (χ1n) is 6.91. The molecule has 0 aliphatic carbocycles. The average molecular weight is 330 g/mol. The standard InChI is InChI=1S/C16H14N2O6/c19-14(17-12-7-4-8-13(9-12)18(22)23)10-24-16(21)15(20)11-5-2-1-3-6-11/h1-9,15,20H,10H2,(H,17,19)/t15-/m1/s1. The van der Waals surface area contributed by atoms with Gasteiger partial charge in [0, 0.05) is 17.8 Å². The number of hydrogen-bond acceptors (Lipinski definition) is 6. The molecule has 0 spiro atoms. The summed E-state index contributed by atoms with van der Waals surface area (Å²) in [6.45, 7) is -0.620. The summed E-state index contributed by atoms with van der Waals surface area (Å²) < 4.78 is 4.74. The number of carbonyl (C=O) groups is 2. The normalized spacial score (nSPS) is 11.4. The number of amides is 1. The number of ether oxygens (including phenoxy) is 1. The fraction of sp³-hybridized carbons (Fsp3) is 0.125. The Hall–Kier alpha value is -3.26. The number of nitrogens with one attached hydrogen (secondary N) is 1. The van der Waals surface area contributed by atoms with Gasteiger partial charge in [0.15, 0.2) is 12.7 Å². The highest BCUT2D eigenvalue weighted by atomic mass is 16.6. The van der Waals surface area contributed by atoms with Crippen molar-refractivity contribution < 1.29 is 24.4 Å². The molecule has 2 aromatic carbocycles. The average Bonchev–Trinajstić information content (AvgIpc) is 2.60. The lowest BCUT2D eigenvalue weighted by molar-refractivity contribution is -0.384. The van der Waals surface area contributed by atoms with E-state index in [1.54, 1.807) is 30.3 Å². The van der Waals surface area contributed by atoms with Crippen LogP contribution in [-0.2, 0) is 14.3 Å². The number of carbonyl (C=O) groups excluding carboxylic acids is 2. The summed E-state index contributed by atoms with van der Waals surface area (Å²) in [7, 11) is 0. The fourth-order valence-corrected chi connectivity index (χ4v) is 1.88. The van der Waals surface area contributed by atoms with E-state index >= 15 is 0 Å². The van der Waals surface area contributed by atoms with E-state index in [0.29, 0.717) is 5.56 Å². The number of aliphatic hydroxyl groups is 1. The number of nitro groups is 1.